The van der Waals surface area contributed by atoms with E-state index in [0.29, 0.717) is 31.6 Å². The minimum atomic E-state index is -1.56. The van der Waals surface area contributed by atoms with E-state index in [-0.39, 0.29) is 11.1 Å². The molecule has 0 aliphatic rings. The van der Waals surface area contributed by atoms with Crippen LogP contribution in [-0.4, -0.2) is 33.7 Å². The highest BCUT2D eigenvalue weighted by Gasteiger charge is 2.26. The topological polar surface area (TPSA) is 166 Å². The second-order valence-electron chi connectivity index (χ2n) is 5.59. The van der Waals surface area contributed by atoms with Crippen molar-refractivity contribution < 1.29 is 24.5 Å². The van der Waals surface area contributed by atoms with Gasteiger partial charge >= 0.3 is 11.9 Å². The van der Waals surface area contributed by atoms with Crippen LogP contribution in [-0.2, 0) is 0 Å². The number of aromatic carboxylic acids is 2. The van der Waals surface area contributed by atoms with Crippen molar-refractivity contribution in [2.75, 3.05) is 12.3 Å². The van der Waals surface area contributed by atoms with Crippen LogP contribution in [0.15, 0.2) is 29.1 Å². The molecule has 0 unspecified atom stereocenters. The zero-order valence-corrected chi connectivity index (χ0v) is 14.2. The summed E-state index contributed by atoms with van der Waals surface area (Å²) in [5, 5.41) is 27.2. The average molecular weight is 371 g/mol. The normalized spacial score (nSPS) is 10.2. The van der Waals surface area contributed by atoms with E-state index in [1.807, 2.05) is 11.1 Å². The molecule has 0 bridgehead atoms. The van der Waals surface area contributed by atoms with Crippen LogP contribution in [0.3, 0.4) is 0 Å². The van der Waals surface area contributed by atoms with Gasteiger partial charge < -0.3 is 25.7 Å². The Morgan fingerprint density at radius 3 is 2.30 bits per heavy atom. The quantitative estimate of drug-likeness (QED) is 0.512. The zero-order valence-electron chi connectivity index (χ0n) is 14.2. The Hall–Kier alpha value is -3.80. The number of nitrogen functional groups attached to an aromatic ring is 1. The van der Waals surface area contributed by atoms with Gasteiger partial charge in [0.25, 0.3) is 5.56 Å². The number of carboxylic acids is 2. The van der Waals surface area contributed by atoms with E-state index in [2.05, 4.69) is 0 Å². The molecule has 0 saturated heterocycles. The van der Waals surface area contributed by atoms with Crippen LogP contribution in [0, 0.1) is 11.3 Å². The molecule has 0 saturated carbocycles. The van der Waals surface area contributed by atoms with Gasteiger partial charge in [-0.05, 0) is 30.5 Å². The molecule has 0 amide bonds. The largest absolute Gasteiger partial charge is 0.494 e. The molecule has 0 radical (unpaired) electrons. The van der Waals surface area contributed by atoms with E-state index < -0.39 is 34.4 Å². The summed E-state index contributed by atoms with van der Waals surface area (Å²) in [6, 6.07) is 8.02. The summed E-state index contributed by atoms with van der Waals surface area (Å²) in [6.07, 6.45) is 1.86. The number of ether oxygens (including phenoxy) is 1. The molecule has 0 aliphatic heterocycles. The fourth-order valence-electron chi connectivity index (χ4n) is 2.55. The number of hydrogen-bond acceptors (Lipinski definition) is 6. The summed E-state index contributed by atoms with van der Waals surface area (Å²) in [4.78, 5) is 37.1. The van der Waals surface area contributed by atoms with Crippen LogP contribution >= 0.6 is 0 Å². The number of nitrogens with two attached hydrogens (primary N) is 1. The summed E-state index contributed by atoms with van der Waals surface area (Å²) in [5.41, 5.74) is 3.35. The van der Waals surface area contributed by atoms with Crippen molar-refractivity contribution in [3.63, 3.8) is 0 Å². The molecule has 27 heavy (non-hydrogen) atoms. The smallest absolute Gasteiger partial charge is 0.342 e. The SMILES string of the molecule is N#CCCCCOc1ccc(-c2c(C(=O)O)c(N)[nH]c(=O)c2C(=O)O)cc1. The first-order valence-corrected chi connectivity index (χ1v) is 7.99. The van der Waals surface area contributed by atoms with Crippen molar-refractivity contribution in [3.05, 3.63) is 45.7 Å². The second kappa shape index (κ2) is 8.53. The number of rotatable bonds is 8. The fourth-order valence-corrected chi connectivity index (χ4v) is 2.55. The monoisotopic (exact) mass is 371 g/mol. The number of nitrogens with zero attached hydrogens (tertiary/aromatic N) is 1. The van der Waals surface area contributed by atoms with Crippen LogP contribution in [0.4, 0.5) is 5.82 Å². The highest BCUT2D eigenvalue weighted by Crippen LogP contribution is 2.30. The van der Waals surface area contributed by atoms with Gasteiger partial charge in [-0.2, -0.15) is 5.26 Å². The first kappa shape index (κ1) is 19.5. The molecule has 1 aromatic heterocycles. The number of hydrogen-bond donors (Lipinski definition) is 4. The number of nitriles is 1. The van der Waals surface area contributed by atoms with Gasteiger partial charge in [0.15, 0.2) is 0 Å². The number of H-pyrrole nitrogens is 1. The Labute approximate surface area is 153 Å². The second-order valence-corrected chi connectivity index (χ2v) is 5.59. The van der Waals surface area contributed by atoms with Gasteiger partial charge in [-0.15, -0.1) is 0 Å². The molecule has 0 spiro atoms. The summed E-state index contributed by atoms with van der Waals surface area (Å²) < 4.78 is 5.51. The van der Waals surface area contributed by atoms with E-state index in [4.69, 9.17) is 15.7 Å². The standard InChI is InChI=1S/C18H17N3O6/c19-8-2-1-3-9-27-11-6-4-10(5-7-11)12-13(17(23)24)15(20)21-16(22)14(12)18(25)26/h4-7H,1-3,9H2,(H,23,24)(H,25,26)(H3,20,21,22). The van der Waals surface area contributed by atoms with Crippen molar-refractivity contribution in [1.29, 1.82) is 5.26 Å². The maximum atomic E-state index is 12.0. The predicted molar refractivity (Wildman–Crippen MR) is 95.8 cm³/mol. The molecular weight excluding hydrogens is 354 g/mol. The lowest BCUT2D eigenvalue weighted by Gasteiger charge is -2.13. The molecule has 2 aromatic rings. The number of aromatic amines is 1. The number of aromatic nitrogens is 1. The van der Waals surface area contributed by atoms with E-state index in [1.165, 1.54) is 24.3 Å². The number of anilines is 1. The lowest BCUT2D eigenvalue weighted by Crippen LogP contribution is -2.24. The van der Waals surface area contributed by atoms with Crippen LogP contribution in [0.5, 0.6) is 5.75 Å². The zero-order chi connectivity index (χ0) is 20.0. The molecule has 2 rings (SSSR count). The first-order chi connectivity index (χ1) is 12.9. The van der Waals surface area contributed by atoms with Crippen molar-refractivity contribution >= 4 is 17.8 Å². The Kier molecular flexibility index (Phi) is 6.17. The van der Waals surface area contributed by atoms with Gasteiger partial charge in [0, 0.05) is 12.0 Å². The average Bonchev–Trinajstić information content (AvgIpc) is 2.60. The van der Waals surface area contributed by atoms with Crippen LogP contribution in [0.2, 0.25) is 0 Å². The minimum Gasteiger partial charge on any atom is -0.494 e. The predicted octanol–water partition coefficient (Wildman–Crippen LogP) is 2.09. The van der Waals surface area contributed by atoms with Crippen molar-refractivity contribution in [3.8, 4) is 22.9 Å². The van der Waals surface area contributed by atoms with Crippen molar-refractivity contribution in [2.45, 2.75) is 19.3 Å². The third-order valence-electron chi connectivity index (χ3n) is 3.77. The lowest BCUT2D eigenvalue weighted by atomic mass is 9.95. The highest BCUT2D eigenvalue weighted by atomic mass is 16.5. The molecular formula is C18H17N3O6. The Bertz CT molecular complexity index is 957. The number of pyridine rings is 1. The highest BCUT2D eigenvalue weighted by molar-refractivity contribution is 6.07. The van der Waals surface area contributed by atoms with Crippen LogP contribution in [0.1, 0.15) is 40.0 Å². The van der Waals surface area contributed by atoms with Crippen molar-refractivity contribution in [2.24, 2.45) is 0 Å². The van der Waals surface area contributed by atoms with Gasteiger partial charge in [-0.1, -0.05) is 12.1 Å². The maximum absolute atomic E-state index is 12.0. The third kappa shape index (κ3) is 4.43. The van der Waals surface area contributed by atoms with E-state index in [0.717, 1.165) is 0 Å². The summed E-state index contributed by atoms with van der Waals surface area (Å²) in [6.45, 7) is 0.403. The Morgan fingerprint density at radius 1 is 1.11 bits per heavy atom. The lowest BCUT2D eigenvalue weighted by molar-refractivity contribution is 0.0695. The van der Waals surface area contributed by atoms with Crippen LogP contribution in [0.25, 0.3) is 11.1 Å². The fraction of sp³-hybridized carbons (Fsp3) is 0.222. The summed E-state index contributed by atoms with van der Waals surface area (Å²) >= 11 is 0. The molecule has 0 aliphatic carbocycles. The van der Waals surface area contributed by atoms with Gasteiger partial charge in [-0.25, -0.2) is 9.59 Å². The van der Waals surface area contributed by atoms with Gasteiger partial charge in [0.05, 0.1) is 12.7 Å². The Balaban J connectivity index is 2.40. The van der Waals surface area contributed by atoms with Gasteiger partial charge in [-0.3, -0.25) is 4.79 Å². The van der Waals surface area contributed by atoms with Crippen LogP contribution < -0.4 is 16.0 Å². The molecule has 9 nitrogen and oxygen atoms in total. The van der Waals surface area contributed by atoms with E-state index >= 15 is 0 Å². The Morgan fingerprint density at radius 2 is 1.74 bits per heavy atom. The molecule has 9 heteroatoms. The van der Waals surface area contributed by atoms with E-state index in [1.54, 1.807) is 0 Å². The molecule has 0 atom stereocenters. The third-order valence-corrected chi connectivity index (χ3v) is 3.77. The minimum absolute atomic E-state index is 0.208. The van der Waals surface area contributed by atoms with Crippen molar-refractivity contribution in [1.82, 2.24) is 4.98 Å². The number of unbranched alkanes of at least 4 members (excludes halogenated alkanes) is 2. The maximum Gasteiger partial charge on any atom is 0.342 e. The molecule has 0 fully saturated rings. The number of carboxylic acid groups (broad SMARTS) is 2. The summed E-state index contributed by atoms with van der Waals surface area (Å²) in [7, 11) is 0. The number of carbonyl (C=O) groups is 2. The van der Waals surface area contributed by atoms with Gasteiger partial charge in [0.2, 0.25) is 0 Å². The van der Waals surface area contributed by atoms with Gasteiger partial charge in [0.1, 0.15) is 22.7 Å². The molecule has 5 N–H and O–H groups in total. The molecule has 1 heterocycles. The number of benzene rings is 1. The number of nitrogens with one attached hydrogen (secondary N) is 1. The first-order valence-electron chi connectivity index (χ1n) is 7.99. The molecule has 1 aromatic carbocycles. The van der Waals surface area contributed by atoms with E-state index in [9.17, 15) is 24.6 Å². The molecule has 140 valence electrons. The summed E-state index contributed by atoms with van der Waals surface area (Å²) in [5.74, 6) is -2.96.